The molecule has 3 aromatic rings. The first-order valence-corrected chi connectivity index (χ1v) is 23.0. The van der Waals surface area contributed by atoms with Crippen LogP contribution in [0, 0.1) is 20.8 Å². The highest BCUT2D eigenvalue weighted by molar-refractivity contribution is 7.90. The first-order valence-electron chi connectivity index (χ1n) is 18.6. The second-order valence-electron chi connectivity index (χ2n) is 13.5. The Bertz CT molecular complexity index is 1920. The van der Waals surface area contributed by atoms with Gasteiger partial charge in [0, 0.05) is 32.8 Å². The predicted molar refractivity (Wildman–Crippen MR) is 211 cm³/mol. The van der Waals surface area contributed by atoms with E-state index < -0.39 is 49.3 Å². The van der Waals surface area contributed by atoms with E-state index >= 15 is 0 Å². The van der Waals surface area contributed by atoms with E-state index in [1.807, 2.05) is 20.8 Å². The van der Waals surface area contributed by atoms with Crippen LogP contribution in [0.15, 0.2) is 87.5 Å². The summed E-state index contributed by atoms with van der Waals surface area (Å²) in [5.74, 6) is 0. The van der Waals surface area contributed by atoms with E-state index in [0.29, 0.717) is 23.6 Å². The van der Waals surface area contributed by atoms with E-state index in [0.717, 1.165) is 59.5 Å². The normalized spacial score (nSPS) is 12.4. The molecule has 1 amide bonds. The lowest BCUT2D eigenvalue weighted by molar-refractivity contribution is 0.122. The third-order valence-electron chi connectivity index (χ3n) is 9.07. The van der Waals surface area contributed by atoms with Crippen LogP contribution in [0.25, 0.3) is 0 Å². The number of amides is 1. The number of carbonyl (C=O) groups is 1. The standard InChI is InChI=1S/C39H57N3O9S3/c1-5-6-32-51-39(44)42(54(49,50)38-24-18-35(4)19-25-38)30-29-41(53(47,48)37-22-16-34(3)17-23-37)28-27-40(26-12-10-8-7-9-11-13-31-43)52(45,46)36-20-14-33(2)15-21-36/h14-25,43H,5-13,26-32H2,1-4H3. The van der Waals surface area contributed by atoms with Gasteiger partial charge in [0.15, 0.2) is 0 Å². The van der Waals surface area contributed by atoms with Crippen molar-refractivity contribution >= 4 is 36.2 Å². The lowest BCUT2D eigenvalue weighted by atomic mass is 10.1. The number of unbranched alkanes of at least 4 members (excludes halogenated alkanes) is 7. The minimum atomic E-state index is -4.47. The van der Waals surface area contributed by atoms with Gasteiger partial charge < -0.3 is 9.84 Å². The molecule has 15 heteroatoms. The molecule has 0 bridgehead atoms. The molecule has 0 aliphatic rings. The van der Waals surface area contributed by atoms with Gasteiger partial charge in [-0.1, -0.05) is 98.5 Å². The lowest BCUT2D eigenvalue weighted by Gasteiger charge is -2.29. The molecule has 0 spiro atoms. The maximum atomic E-state index is 14.2. The van der Waals surface area contributed by atoms with Crippen LogP contribution in [0.2, 0.25) is 0 Å². The largest absolute Gasteiger partial charge is 0.449 e. The van der Waals surface area contributed by atoms with Crippen molar-refractivity contribution in [3.63, 3.8) is 0 Å². The number of carbonyl (C=O) groups excluding carboxylic acids is 1. The molecule has 1 N–H and O–H groups in total. The molecule has 3 rings (SSSR count). The average molecular weight is 808 g/mol. The second kappa shape index (κ2) is 21.7. The van der Waals surface area contributed by atoms with Crippen LogP contribution in [0.1, 0.15) is 81.4 Å². The highest BCUT2D eigenvalue weighted by atomic mass is 32.2. The molecule has 0 aliphatic heterocycles. The zero-order valence-electron chi connectivity index (χ0n) is 32.0. The topological polar surface area (TPSA) is 159 Å². The number of ether oxygens (including phenoxy) is 1. The van der Waals surface area contributed by atoms with Crippen molar-refractivity contribution in [1.82, 2.24) is 12.9 Å². The number of sulfonamides is 3. The Hall–Kier alpha value is -3.34. The summed E-state index contributed by atoms with van der Waals surface area (Å²) < 4.78 is 92.4. The molecule has 0 fully saturated rings. The van der Waals surface area contributed by atoms with Gasteiger partial charge in [-0.2, -0.15) is 12.9 Å². The zero-order valence-corrected chi connectivity index (χ0v) is 34.5. The molecule has 12 nitrogen and oxygen atoms in total. The monoisotopic (exact) mass is 807 g/mol. The molecule has 0 radical (unpaired) electrons. The van der Waals surface area contributed by atoms with E-state index in [9.17, 15) is 30.0 Å². The van der Waals surface area contributed by atoms with Gasteiger partial charge in [-0.25, -0.2) is 30.0 Å². The second-order valence-corrected chi connectivity index (χ2v) is 19.2. The van der Waals surface area contributed by atoms with Crippen molar-refractivity contribution in [2.45, 2.75) is 100 Å². The highest BCUT2D eigenvalue weighted by Crippen LogP contribution is 2.23. The van der Waals surface area contributed by atoms with Crippen molar-refractivity contribution in [3.05, 3.63) is 89.5 Å². The van der Waals surface area contributed by atoms with Gasteiger partial charge in [-0.3, -0.25) is 0 Å². The maximum Gasteiger partial charge on any atom is 0.423 e. The fourth-order valence-electron chi connectivity index (χ4n) is 5.66. The van der Waals surface area contributed by atoms with Crippen molar-refractivity contribution in [1.29, 1.82) is 0 Å². The van der Waals surface area contributed by atoms with Crippen LogP contribution in [0.4, 0.5) is 4.79 Å². The molecule has 0 unspecified atom stereocenters. The molecule has 3 aromatic carbocycles. The molecular formula is C39H57N3O9S3. The SMILES string of the molecule is CCCCOC(=O)N(CCN(CCN(CCCCCCCCCO)S(=O)(=O)c1ccc(C)cc1)S(=O)(=O)c1ccc(C)cc1)S(=O)(=O)c1ccc(C)cc1. The van der Waals surface area contributed by atoms with Gasteiger partial charge >= 0.3 is 6.09 Å². The van der Waals surface area contributed by atoms with E-state index in [-0.39, 0.29) is 47.5 Å². The zero-order chi connectivity index (χ0) is 39.8. The quantitative estimate of drug-likeness (QED) is 0.0980. The van der Waals surface area contributed by atoms with Gasteiger partial charge in [-0.05, 0) is 76.4 Å². The summed E-state index contributed by atoms with van der Waals surface area (Å²) >= 11 is 0. The summed E-state index contributed by atoms with van der Waals surface area (Å²) in [6.07, 6.45) is 5.87. The summed E-state index contributed by atoms with van der Waals surface area (Å²) in [6, 6.07) is 18.6. The van der Waals surface area contributed by atoms with Crippen molar-refractivity contribution in [3.8, 4) is 0 Å². The van der Waals surface area contributed by atoms with E-state index in [4.69, 9.17) is 9.84 Å². The number of aryl methyl sites for hydroxylation is 3. The predicted octanol–water partition coefficient (Wildman–Crippen LogP) is 6.64. The van der Waals surface area contributed by atoms with Crippen LogP contribution < -0.4 is 0 Å². The minimum Gasteiger partial charge on any atom is -0.449 e. The number of aliphatic hydroxyl groups excluding tert-OH is 1. The number of nitrogens with zero attached hydrogens (tertiary/aromatic N) is 3. The smallest absolute Gasteiger partial charge is 0.423 e. The summed E-state index contributed by atoms with van der Waals surface area (Å²) in [5.41, 5.74) is 2.52. The minimum absolute atomic E-state index is 0.0187. The summed E-state index contributed by atoms with van der Waals surface area (Å²) in [6.45, 7) is 6.07. The van der Waals surface area contributed by atoms with Gasteiger partial charge in [0.2, 0.25) is 20.0 Å². The molecule has 54 heavy (non-hydrogen) atoms. The molecule has 0 saturated carbocycles. The van der Waals surface area contributed by atoms with Gasteiger partial charge in [0.05, 0.1) is 27.8 Å². The Balaban J connectivity index is 1.96. The van der Waals surface area contributed by atoms with Crippen molar-refractivity contribution in [2.75, 3.05) is 45.9 Å². The number of aliphatic hydroxyl groups is 1. The maximum absolute atomic E-state index is 14.2. The average Bonchev–Trinajstić information content (AvgIpc) is 3.13. The van der Waals surface area contributed by atoms with E-state index in [1.54, 1.807) is 43.3 Å². The fraction of sp³-hybridized carbons (Fsp3) is 0.513. The third-order valence-corrected chi connectivity index (χ3v) is 14.7. The van der Waals surface area contributed by atoms with Gasteiger partial charge in [0.25, 0.3) is 10.0 Å². The Morgan fingerprint density at radius 1 is 0.519 bits per heavy atom. The first kappa shape index (κ1) is 45.1. The molecule has 0 aromatic heterocycles. The lowest BCUT2D eigenvalue weighted by Crippen LogP contribution is -2.46. The Morgan fingerprint density at radius 2 is 0.889 bits per heavy atom. The molecule has 300 valence electrons. The Kier molecular flexibility index (Phi) is 18.1. The molecular weight excluding hydrogens is 751 g/mol. The fourth-order valence-corrected chi connectivity index (χ4v) is 9.85. The summed E-state index contributed by atoms with van der Waals surface area (Å²) in [7, 11) is -12.8. The van der Waals surface area contributed by atoms with Crippen LogP contribution in [-0.4, -0.2) is 95.3 Å². The summed E-state index contributed by atoms with van der Waals surface area (Å²) in [5, 5.41) is 9.03. The van der Waals surface area contributed by atoms with E-state index in [2.05, 4.69) is 0 Å². The van der Waals surface area contributed by atoms with Crippen molar-refractivity contribution in [2.24, 2.45) is 0 Å². The van der Waals surface area contributed by atoms with Crippen LogP contribution >= 0.6 is 0 Å². The molecule has 0 saturated heterocycles. The van der Waals surface area contributed by atoms with Gasteiger partial charge in [0.1, 0.15) is 0 Å². The van der Waals surface area contributed by atoms with Crippen LogP contribution in [0.3, 0.4) is 0 Å². The first-order chi connectivity index (χ1) is 25.6. The number of benzene rings is 3. The number of hydrogen-bond acceptors (Lipinski definition) is 9. The van der Waals surface area contributed by atoms with Crippen LogP contribution in [-0.2, 0) is 34.8 Å². The Morgan fingerprint density at radius 3 is 1.31 bits per heavy atom. The summed E-state index contributed by atoms with van der Waals surface area (Å²) in [4.78, 5) is 13.2. The number of hydrogen-bond donors (Lipinski definition) is 1. The number of rotatable bonds is 24. The molecule has 0 heterocycles. The molecule has 0 aliphatic carbocycles. The van der Waals surface area contributed by atoms with Crippen molar-refractivity contribution < 1.29 is 39.9 Å². The Labute approximate surface area is 323 Å². The molecule has 0 atom stereocenters. The van der Waals surface area contributed by atoms with Gasteiger partial charge in [-0.15, -0.1) is 0 Å². The third kappa shape index (κ3) is 13.2. The van der Waals surface area contributed by atoms with E-state index in [1.165, 1.54) is 40.7 Å². The highest BCUT2D eigenvalue weighted by Gasteiger charge is 2.34. The van der Waals surface area contributed by atoms with Crippen LogP contribution in [0.5, 0.6) is 0 Å².